The molecule has 3 rings (SSSR count). The van der Waals surface area contributed by atoms with Gasteiger partial charge < -0.3 is 9.80 Å². The van der Waals surface area contributed by atoms with Crippen molar-refractivity contribution in [3.63, 3.8) is 0 Å². The van der Waals surface area contributed by atoms with E-state index in [2.05, 4.69) is 15.1 Å². The summed E-state index contributed by atoms with van der Waals surface area (Å²) in [7, 11) is 3.60. The summed E-state index contributed by atoms with van der Waals surface area (Å²) in [6, 6.07) is 6.77. The highest BCUT2D eigenvalue weighted by atomic mass is 32.1. The third kappa shape index (κ3) is 4.54. The summed E-state index contributed by atoms with van der Waals surface area (Å²) in [5.41, 5.74) is 0.645. The number of carbonyl (C=O) groups excluding carboxylic acids is 1. The zero-order valence-electron chi connectivity index (χ0n) is 14.6. The smallest absolute Gasteiger partial charge is 0.222 e. The molecule has 0 atom stereocenters. The predicted molar refractivity (Wildman–Crippen MR) is 97.4 cm³/mol. The van der Waals surface area contributed by atoms with Gasteiger partial charge in [0.15, 0.2) is 0 Å². The van der Waals surface area contributed by atoms with Crippen LogP contribution in [0.25, 0.3) is 0 Å². The number of piperidine rings is 1. The van der Waals surface area contributed by atoms with E-state index in [1.165, 1.54) is 17.4 Å². The number of rotatable bonds is 5. The predicted octanol–water partition coefficient (Wildman–Crippen LogP) is 2.96. The molecule has 0 bridgehead atoms. The van der Waals surface area contributed by atoms with Gasteiger partial charge in [-0.2, -0.15) is 0 Å². The number of anilines is 1. The molecule has 0 unspecified atom stereocenters. The Morgan fingerprint density at radius 2 is 2.00 bits per heavy atom. The number of benzene rings is 1. The summed E-state index contributed by atoms with van der Waals surface area (Å²) in [6.07, 6.45) is 3.07. The minimum atomic E-state index is -0.203. The van der Waals surface area contributed by atoms with Gasteiger partial charge in [-0.1, -0.05) is 29.5 Å². The molecule has 0 saturated carbocycles. The van der Waals surface area contributed by atoms with E-state index in [-0.39, 0.29) is 11.7 Å². The van der Waals surface area contributed by atoms with E-state index >= 15 is 0 Å². The Morgan fingerprint density at radius 3 is 2.68 bits per heavy atom. The Kier molecular flexibility index (Phi) is 5.63. The molecule has 1 aliphatic heterocycles. The first-order valence-electron chi connectivity index (χ1n) is 8.54. The first kappa shape index (κ1) is 17.8. The molecule has 0 radical (unpaired) electrons. The van der Waals surface area contributed by atoms with Gasteiger partial charge in [0.25, 0.3) is 0 Å². The van der Waals surface area contributed by atoms with Crippen LogP contribution in [0.2, 0.25) is 0 Å². The van der Waals surface area contributed by atoms with Crippen LogP contribution in [0.1, 0.15) is 29.8 Å². The highest BCUT2D eigenvalue weighted by Gasteiger charge is 2.24. The third-order valence-corrected chi connectivity index (χ3v) is 5.59. The van der Waals surface area contributed by atoms with Gasteiger partial charge in [0, 0.05) is 40.0 Å². The summed E-state index contributed by atoms with van der Waals surface area (Å²) in [4.78, 5) is 15.7. The maximum absolute atomic E-state index is 13.8. The molecule has 1 aromatic carbocycles. The quantitative estimate of drug-likeness (QED) is 0.821. The van der Waals surface area contributed by atoms with Gasteiger partial charge in [0.05, 0.1) is 0 Å². The fourth-order valence-corrected chi connectivity index (χ4v) is 3.92. The Morgan fingerprint density at radius 1 is 1.28 bits per heavy atom. The molecule has 2 heterocycles. The van der Waals surface area contributed by atoms with Gasteiger partial charge in [0.1, 0.15) is 10.8 Å². The molecule has 0 aliphatic carbocycles. The summed E-state index contributed by atoms with van der Waals surface area (Å²) >= 11 is 1.52. The SMILES string of the molecule is CN(C)C(=O)CC1CCN(c2nnc(Cc3ccccc3F)s2)CC1. The number of nitrogens with zero attached hydrogens (tertiary/aromatic N) is 4. The van der Waals surface area contributed by atoms with Crippen LogP contribution in [-0.4, -0.2) is 48.2 Å². The minimum absolute atomic E-state index is 0.196. The van der Waals surface area contributed by atoms with Crippen LogP contribution in [0.3, 0.4) is 0 Å². The maximum atomic E-state index is 13.8. The van der Waals surface area contributed by atoms with Gasteiger partial charge >= 0.3 is 0 Å². The first-order chi connectivity index (χ1) is 12.0. The Bertz CT molecular complexity index is 725. The monoisotopic (exact) mass is 362 g/mol. The van der Waals surface area contributed by atoms with E-state index in [9.17, 15) is 9.18 Å². The summed E-state index contributed by atoms with van der Waals surface area (Å²) in [5, 5.41) is 10.2. The molecule has 1 aliphatic rings. The van der Waals surface area contributed by atoms with Crippen LogP contribution < -0.4 is 4.90 Å². The van der Waals surface area contributed by atoms with E-state index in [4.69, 9.17) is 0 Å². The van der Waals surface area contributed by atoms with Crippen molar-refractivity contribution in [3.8, 4) is 0 Å². The lowest BCUT2D eigenvalue weighted by atomic mass is 9.93. The highest BCUT2D eigenvalue weighted by Crippen LogP contribution is 2.28. The molecule has 2 aromatic rings. The van der Waals surface area contributed by atoms with Gasteiger partial charge in [-0.25, -0.2) is 4.39 Å². The molecule has 1 aromatic heterocycles. The normalized spacial score (nSPS) is 15.4. The molecular formula is C18H23FN4OS. The van der Waals surface area contributed by atoms with Crippen molar-refractivity contribution in [1.82, 2.24) is 15.1 Å². The fourth-order valence-electron chi connectivity index (χ4n) is 3.01. The average molecular weight is 362 g/mol. The molecule has 7 heteroatoms. The molecule has 0 spiro atoms. The Labute approximate surface area is 151 Å². The molecule has 1 fully saturated rings. The average Bonchev–Trinajstić information content (AvgIpc) is 3.06. The topological polar surface area (TPSA) is 49.3 Å². The zero-order chi connectivity index (χ0) is 17.8. The van der Waals surface area contributed by atoms with E-state index in [1.807, 2.05) is 6.07 Å². The second-order valence-corrected chi connectivity index (χ2v) is 7.71. The van der Waals surface area contributed by atoms with Crippen molar-refractivity contribution < 1.29 is 9.18 Å². The Balaban J connectivity index is 1.55. The van der Waals surface area contributed by atoms with E-state index in [1.54, 1.807) is 31.1 Å². The standard InChI is InChI=1S/C18H23FN4OS/c1-22(2)17(24)11-13-7-9-23(10-8-13)18-21-20-16(25-18)12-14-5-3-4-6-15(14)19/h3-6,13H,7-12H2,1-2H3. The molecule has 134 valence electrons. The molecule has 1 saturated heterocycles. The number of aromatic nitrogens is 2. The maximum Gasteiger partial charge on any atom is 0.222 e. The van der Waals surface area contributed by atoms with E-state index in [0.717, 1.165) is 36.1 Å². The van der Waals surface area contributed by atoms with Crippen LogP contribution in [0.4, 0.5) is 9.52 Å². The lowest BCUT2D eigenvalue weighted by molar-refractivity contribution is -0.129. The van der Waals surface area contributed by atoms with Crippen LogP contribution in [0, 0.1) is 11.7 Å². The molecule has 1 amide bonds. The van der Waals surface area contributed by atoms with Crippen molar-refractivity contribution >= 4 is 22.4 Å². The number of hydrogen-bond acceptors (Lipinski definition) is 5. The molecule has 5 nitrogen and oxygen atoms in total. The van der Waals surface area contributed by atoms with Gasteiger partial charge in [0.2, 0.25) is 11.0 Å². The largest absolute Gasteiger partial charge is 0.349 e. The lowest BCUT2D eigenvalue weighted by Gasteiger charge is -2.31. The number of carbonyl (C=O) groups is 1. The molecule has 0 N–H and O–H groups in total. The van der Waals surface area contributed by atoms with E-state index < -0.39 is 0 Å². The lowest BCUT2D eigenvalue weighted by Crippen LogP contribution is -2.35. The van der Waals surface area contributed by atoms with Crippen LogP contribution in [0.15, 0.2) is 24.3 Å². The molecule has 25 heavy (non-hydrogen) atoms. The zero-order valence-corrected chi connectivity index (χ0v) is 15.4. The first-order valence-corrected chi connectivity index (χ1v) is 9.35. The number of amides is 1. The van der Waals surface area contributed by atoms with Crippen LogP contribution in [-0.2, 0) is 11.2 Å². The second kappa shape index (κ2) is 7.91. The second-order valence-electron chi connectivity index (χ2n) is 6.67. The van der Waals surface area contributed by atoms with Crippen molar-refractivity contribution in [2.75, 3.05) is 32.1 Å². The van der Waals surface area contributed by atoms with Gasteiger partial charge in [-0.05, 0) is 30.4 Å². The van der Waals surface area contributed by atoms with Crippen molar-refractivity contribution in [2.45, 2.75) is 25.7 Å². The van der Waals surface area contributed by atoms with Gasteiger partial charge in [-0.3, -0.25) is 4.79 Å². The summed E-state index contributed by atoms with van der Waals surface area (Å²) in [6.45, 7) is 1.78. The highest BCUT2D eigenvalue weighted by molar-refractivity contribution is 7.15. The summed E-state index contributed by atoms with van der Waals surface area (Å²) < 4.78 is 13.8. The minimum Gasteiger partial charge on any atom is -0.349 e. The van der Waals surface area contributed by atoms with Crippen LogP contribution in [0.5, 0.6) is 0 Å². The number of hydrogen-bond donors (Lipinski definition) is 0. The fraction of sp³-hybridized carbons (Fsp3) is 0.500. The number of halogens is 1. The van der Waals surface area contributed by atoms with Crippen molar-refractivity contribution in [3.05, 3.63) is 40.7 Å². The van der Waals surface area contributed by atoms with Crippen molar-refractivity contribution in [2.24, 2.45) is 5.92 Å². The summed E-state index contributed by atoms with van der Waals surface area (Å²) in [5.74, 6) is 0.434. The van der Waals surface area contributed by atoms with Gasteiger partial charge in [-0.15, -0.1) is 10.2 Å². The van der Waals surface area contributed by atoms with Crippen LogP contribution >= 0.6 is 11.3 Å². The van der Waals surface area contributed by atoms with E-state index in [0.29, 0.717) is 24.3 Å². The Hall–Kier alpha value is -2.02. The molecular weight excluding hydrogens is 339 g/mol. The van der Waals surface area contributed by atoms with Crippen molar-refractivity contribution in [1.29, 1.82) is 0 Å². The third-order valence-electron chi connectivity index (χ3n) is 4.60.